The van der Waals surface area contributed by atoms with Crippen LogP contribution >= 0.6 is 23.2 Å². The zero-order valence-electron chi connectivity index (χ0n) is 6.38. The Morgan fingerprint density at radius 2 is 1.90 bits per heavy atom. The molecule has 0 aromatic carbocycles. The Morgan fingerprint density at radius 3 is 2.20 bits per heavy atom. The minimum Gasteiger partial charge on any atom is -0.122 e. The molecule has 0 aromatic rings. The van der Waals surface area contributed by atoms with Gasteiger partial charge in [-0.1, -0.05) is 23.8 Å². The summed E-state index contributed by atoms with van der Waals surface area (Å²) in [6.07, 6.45) is 0.750. The van der Waals surface area contributed by atoms with E-state index in [1.54, 1.807) is 0 Å². The molecule has 0 aliphatic rings. The SMILES string of the molecule is C=C(C)CC(Cl)=C(C)CCl. The molecule has 0 heterocycles. The molecule has 0 radical (unpaired) electrons. The fraction of sp³-hybridized carbons (Fsp3) is 0.500. The average Bonchev–Trinajstić information content (AvgIpc) is 1.85. The van der Waals surface area contributed by atoms with Crippen LogP contribution in [-0.2, 0) is 0 Å². The van der Waals surface area contributed by atoms with Crippen molar-refractivity contribution in [3.8, 4) is 0 Å². The van der Waals surface area contributed by atoms with Crippen molar-refractivity contribution in [3.05, 3.63) is 22.8 Å². The molecule has 10 heavy (non-hydrogen) atoms. The van der Waals surface area contributed by atoms with Gasteiger partial charge in [0.25, 0.3) is 0 Å². The Balaban J connectivity index is 4.04. The molecule has 0 aliphatic heterocycles. The van der Waals surface area contributed by atoms with Crippen molar-refractivity contribution in [2.45, 2.75) is 20.3 Å². The summed E-state index contributed by atoms with van der Waals surface area (Å²) in [6, 6.07) is 0. The van der Waals surface area contributed by atoms with Gasteiger partial charge in [-0.2, -0.15) is 0 Å². The topological polar surface area (TPSA) is 0 Å². The number of halogens is 2. The molecule has 0 spiro atoms. The normalized spacial score (nSPS) is 12.8. The Kier molecular flexibility index (Phi) is 4.84. The molecule has 0 saturated carbocycles. The number of rotatable bonds is 3. The molecule has 58 valence electrons. The predicted molar refractivity (Wildman–Crippen MR) is 48.7 cm³/mol. The van der Waals surface area contributed by atoms with Crippen LogP contribution in [0.4, 0.5) is 0 Å². The van der Waals surface area contributed by atoms with E-state index in [0.29, 0.717) is 5.88 Å². The number of alkyl halides is 1. The first-order valence-corrected chi connectivity index (χ1v) is 4.03. The molecule has 0 N–H and O–H groups in total. The van der Waals surface area contributed by atoms with E-state index in [1.807, 2.05) is 13.8 Å². The Morgan fingerprint density at radius 1 is 1.40 bits per heavy atom. The van der Waals surface area contributed by atoms with Crippen LogP contribution in [-0.4, -0.2) is 5.88 Å². The van der Waals surface area contributed by atoms with Crippen molar-refractivity contribution in [2.24, 2.45) is 0 Å². The number of hydrogen-bond donors (Lipinski definition) is 0. The molecule has 0 aromatic heterocycles. The zero-order chi connectivity index (χ0) is 8.15. The molecule has 2 heteroatoms. The Labute approximate surface area is 72.5 Å². The fourth-order valence-electron chi connectivity index (χ4n) is 0.488. The van der Waals surface area contributed by atoms with Gasteiger partial charge in [-0.15, -0.1) is 11.6 Å². The van der Waals surface area contributed by atoms with Gasteiger partial charge in [-0.25, -0.2) is 0 Å². The summed E-state index contributed by atoms with van der Waals surface area (Å²) in [4.78, 5) is 0. The first-order valence-electron chi connectivity index (χ1n) is 3.12. The summed E-state index contributed by atoms with van der Waals surface area (Å²) in [7, 11) is 0. The summed E-state index contributed by atoms with van der Waals surface area (Å²) in [5, 5.41) is 0.822. The number of hydrogen-bond acceptors (Lipinski definition) is 0. The lowest BCUT2D eigenvalue weighted by Crippen LogP contribution is -1.83. The van der Waals surface area contributed by atoms with Crippen molar-refractivity contribution in [1.82, 2.24) is 0 Å². The van der Waals surface area contributed by atoms with Gasteiger partial charge in [-0.3, -0.25) is 0 Å². The molecule has 0 nitrogen and oxygen atoms in total. The molecule has 0 fully saturated rings. The molecule has 0 bridgehead atoms. The van der Waals surface area contributed by atoms with Gasteiger partial charge in [0.2, 0.25) is 0 Å². The monoisotopic (exact) mass is 178 g/mol. The molecule has 0 saturated heterocycles. The van der Waals surface area contributed by atoms with Gasteiger partial charge in [0, 0.05) is 17.3 Å². The highest BCUT2D eigenvalue weighted by Crippen LogP contribution is 2.18. The average molecular weight is 179 g/mol. The molecule has 0 atom stereocenters. The van der Waals surface area contributed by atoms with E-state index >= 15 is 0 Å². The second-order valence-electron chi connectivity index (χ2n) is 2.45. The highest BCUT2D eigenvalue weighted by Gasteiger charge is 1.97. The van der Waals surface area contributed by atoms with Crippen LogP contribution in [0.15, 0.2) is 22.8 Å². The van der Waals surface area contributed by atoms with E-state index in [4.69, 9.17) is 23.2 Å². The van der Waals surface area contributed by atoms with E-state index < -0.39 is 0 Å². The van der Waals surface area contributed by atoms with E-state index in [9.17, 15) is 0 Å². The number of allylic oxidation sites excluding steroid dienone is 3. The molecule has 0 rings (SSSR count). The zero-order valence-corrected chi connectivity index (χ0v) is 7.89. The van der Waals surface area contributed by atoms with E-state index in [0.717, 1.165) is 22.6 Å². The second-order valence-corrected chi connectivity index (χ2v) is 3.18. The molecule has 0 unspecified atom stereocenters. The van der Waals surface area contributed by atoms with Crippen LogP contribution in [0.1, 0.15) is 20.3 Å². The van der Waals surface area contributed by atoms with Crippen molar-refractivity contribution in [1.29, 1.82) is 0 Å². The lowest BCUT2D eigenvalue weighted by Gasteiger charge is -2.00. The first-order chi connectivity index (χ1) is 4.57. The van der Waals surface area contributed by atoms with Crippen LogP contribution in [0.3, 0.4) is 0 Å². The lowest BCUT2D eigenvalue weighted by molar-refractivity contribution is 1.16. The van der Waals surface area contributed by atoms with Crippen LogP contribution in [0, 0.1) is 0 Å². The van der Waals surface area contributed by atoms with Crippen molar-refractivity contribution in [3.63, 3.8) is 0 Å². The highest BCUT2D eigenvalue weighted by atomic mass is 35.5. The third-order valence-corrected chi connectivity index (χ3v) is 1.98. The fourth-order valence-corrected chi connectivity index (χ4v) is 1.01. The van der Waals surface area contributed by atoms with Gasteiger partial charge in [0.05, 0.1) is 0 Å². The van der Waals surface area contributed by atoms with Gasteiger partial charge < -0.3 is 0 Å². The Hall–Kier alpha value is 0.0600. The van der Waals surface area contributed by atoms with Crippen molar-refractivity contribution in [2.75, 3.05) is 5.88 Å². The van der Waals surface area contributed by atoms with Crippen LogP contribution < -0.4 is 0 Å². The predicted octanol–water partition coefficient (Wildman–Crippen LogP) is 3.70. The maximum Gasteiger partial charge on any atom is 0.0445 e. The summed E-state index contributed by atoms with van der Waals surface area (Å²) in [6.45, 7) is 7.63. The van der Waals surface area contributed by atoms with Gasteiger partial charge in [0.1, 0.15) is 0 Å². The highest BCUT2D eigenvalue weighted by molar-refractivity contribution is 6.31. The summed E-state index contributed by atoms with van der Waals surface area (Å²) in [5.74, 6) is 0.506. The molecule has 0 amide bonds. The quantitative estimate of drug-likeness (QED) is 0.457. The summed E-state index contributed by atoms with van der Waals surface area (Å²) < 4.78 is 0. The van der Waals surface area contributed by atoms with Crippen molar-refractivity contribution < 1.29 is 0 Å². The van der Waals surface area contributed by atoms with E-state index in [1.165, 1.54) is 0 Å². The van der Waals surface area contributed by atoms with E-state index in [2.05, 4.69) is 6.58 Å². The standard InChI is InChI=1S/C8H12Cl2/c1-6(2)4-8(10)7(3)5-9/h1,4-5H2,2-3H3. The smallest absolute Gasteiger partial charge is 0.0445 e. The van der Waals surface area contributed by atoms with Gasteiger partial charge in [-0.05, 0) is 19.4 Å². The largest absolute Gasteiger partial charge is 0.122 e. The first kappa shape index (κ1) is 10.1. The van der Waals surface area contributed by atoms with Gasteiger partial charge >= 0.3 is 0 Å². The van der Waals surface area contributed by atoms with Crippen LogP contribution in [0.2, 0.25) is 0 Å². The van der Waals surface area contributed by atoms with E-state index in [-0.39, 0.29) is 0 Å². The van der Waals surface area contributed by atoms with Gasteiger partial charge in [0.15, 0.2) is 0 Å². The summed E-state index contributed by atoms with van der Waals surface area (Å²) in [5.41, 5.74) is 2.10. The third-order valence-electron chi connectivity index (χ3n) is 1.12. The maximum absolute atomic E-state index is 5.86. The van der Waals surface area contributed by atoms with Crippen LogP contribution in [0.5, 0.6) is 0 Å². The minimum absolute atomic E-state index is 0.506. The maximum atomic E-state index is 5.86. The summed E-state index contributed by atoms with van der Waals surface area (Å²) >= 11 is 11.4. The molecular formula is C8H12Cl2. The Bertz CT molecular complexity index is 157. The lowest BCUT2D eigenvalue weighted by atomic mass is 10.2. The molecular weight excluding hydrogens is 167 g/mol. The van der Waals surface area contributed by atoms with Crippen molar-refractivity contribution >= 4 is 23.2 Å². The minimum atomic E-state index is 0.506. The van der Waals surface area contributed by atoms with Crippen LogP contribution in [0.25, 0.3) is 0 Å². The third kappa shape index (κ3) is 3.97. The second kappa shape index (κ2) is 4.81. The molecule has 0 aliphatic carbocycles.